The average Bonchev–Trinajstić information content (AvgIpc) is 3.16. The first-order valence-corrected chi connectivity index (χ1v) is 9.58. The maximum atomic E-state index is 13.9. The minimum Gasteiger partial charge on any atom is -0.437 e. The van der Waals surface area contributed by atoms with Crippen LogP contribution in [0.3, 0.4) is 0 Å². The van der Waals surface area contributed by atoms with E-state index < -0.39 is 17.9 Å². The lowest BCUT2D eigenvalue weighted by Gasteiger charge is -2.26. The second-order valence-electron chi connectivity index (χ2n) is 7.15. The third-order valence-electron chi connectivity index (χ3n) is 5.00. The van der Waals surface area contributed by atoms with E-state index in [0.29, 0.717) is 29.2 Å². The number of amides is 1. The van der Waals surface area contributed by atoms with Crippen molar-refractivity contribution >= 4 is 29.7 Å². The molecule has 1 N–H and O–H groups in total. The Bertz CT molecular complexity index is 1140. The van der Waals surface area contributed by atoms with Crippen molar-refractivity contribution in [3.05, 3.63) is 71.2 Å². The molecule has 0 saturated carbocycles. The number of hydrogen-bond donors (Lipinski definition) is 1. The number of nitrogens with one attached hydrogen (secondary N) is 1. The van der Waals surface area contributed by atoms with E-state index in [0.717, 1.165) is 24.2 Å². The van der Waals surface area contributed by atoms with Crippen LogP contribution in [-0.4, -0.2) is 28.7 Å². The zero-order chi connectivity index (χ0) is 22.2. The summed E-state index contributed by atoms with van der Waals surface area (Å²) < 4.78 is 47.2. The van der Waals surface area contributed by atoms with E-state index in [1.165, 1.54) is 12.1 Å². The highest BCUT2D eigenvalue weighted by Gasteiger charge is 2.43. The summed E-state index contributed by atoms with van der Waals surface area (Å²) in [6.07, 6.45) is -1.59. The molecule has 1 aliphatic heterocycles. The number of carbonyl (C=O) groups is 1. The maximum Gasteiger partial charge on any atom is 0.491 e. The normalized spacial score (nSPS) is 12.4. The van der Waals surface area contributed by atoms with E-state index in [1.807, 2.05) is 0 Å². The van der Waals surface area contributed by atoms with Gasteiger partial charge >= 0.3 is 6.30 Å². The number of aryl methyl sites for hydroxylation is 2. The second kappa shape index (κ2) is 9.04. The molecule has 0 spiro atoms. The monoisotopic (exact) mass is 464 g/mol. The zero-order valence-electron chi connectivity index (χ0n) is 17.2. The van der Waals surface area contributed by atoms with Crippen LogP contribution in [0.4, 0.5) is 24.5 Å². The van der Waals surface area contributed by atoms with Crippen molar-refractivity contribution in [1.29, 1.82) is 0 Å². The summed E-state index contributed by atoms with van der Waals surface area (Å²) in [5.41, 5.74) is 2.35. The minimum atomic E-state index is -4.93. The van der Waals surface area contributed by atoms with Gasteiger partial charge in [-0.2, -0.15) is 0 Å². The summed E-state index contributed by atoms with van der Waals surface area (Å²) in [4.78, 5) is 20.8. The molecule has 10 heteroatoms. The Labute approximate surface area is 188 Å². The van der Waals surface area contributed by atoms with E-state index in [2.05, 4.69) is 15.3 Å². The van der Waals surface area contributed by atoms with E-state index in [4.69, 9.17) is 4.74 Å². The van der Waals surface area contributed by atoms with Gasteiger partial charge in [0.2, 0.25) is 5.88 Å². The highest BCUT2D eigenvalue weighted by Crippen LogP contribution is 2.34. The second-order valence-corrected chi connectivity index (χ2v) is 7.15. The smallest absolute Gasteiger partial charge is 0.437 e. The Morgan fingerprint density at radius 1 is 1.16 bits per heavy atom. The maximum absolute atomic E-state index is 13.9. The summed E-state index contributed by atoms with van der Waals surface area (Å²) in [5.74, 6) is -0.639. The largest absolute Gasteiger partial charge is 0.491 e. The average molecular weight is 465 g/mol. The van der Waals surface area contributed by atoms with Gasteiger partial charge in [0.05, 0.1) is 17.6 Å². The molecule has 168 valence electrons. The molecule has 0 fully saturated rings. The van der Waals surface area contributed by atoms with Gasteiger partial charge in [-0.3, -0.25) is 9.78 Å². The molecule has 0 atom stereocenters. The number of aromatic nitrogens is 2. The standard InChI is InChI=1S/C22H19F3N4O2.ClH/c1-13-10-15-7-9-27-18(15)11-17(13)21(30)29(22(23,24)25)16-5-6-20(28-12-16)31-19-4-3-8-26-14(19)2;/h3-6,8,10-12,27H,7,9H2,1-2H3;1H. The lowest BCUT2D eigenvalue weighted by Crippen LogP contribution is -2.43. The van der Waals surface area contributed by atoms with Gasteiger partial charge in [0.1, 0.15) is 0 Å². The third-order valence-corrected chi connectivity index (χ3v) is 5.00. The molecule has 0 unspecified atom stereocenters. The first-order valence-electron chi connectivity index (χ1n) is 9.58. The number of nitrogens with zero attached hydrogens (tertiary/aromatic N) is 3. The van der Waals surface area contributed by atoms with Gasteiger partial charge in [0.25, 0.3) is 5.91 Å². The highest BCUT2D eigenvalue weighted by atomic mass is 35.5. The molecule has 1 aromatic carbocycles. The van der Waals surface area contributed by atoms with E-state index in [-0.39, 0.29) is 28.8 Å². The Hall–Kier alpha value is -3.33. The fourth-order valence-corrected chi connectivity index (χ4v) is 3.46. The Morgan fingerprint density at radius 2 is 1.94 bits per heavy atom. The van der Waals surface area contributed by atoms with Crippen molar-refractivity contribution in [1.82, 2.24) is 9.97 Å². The van der Waals surface area contributed by atoms with Gasteiger partial charge in [0.15, 0.2) is 5.75 Å². The van der Waals surface area contributed by atoms with Gasteiger partial charge in [-0.05, 0) is 55.7 Å². The van der Waals surface area contributed by atoms with Crippen molar-refractivity contribution in [2.24, 2.45) is 0 Å². The SMILES string of the molecule is Cc1cc2c(cc1C(=O)N(c1ccc(Oc3cccnc3C)nc1)C(F)(F)F)NCC2.Cl. The molecule has 3 aromatic rings. The number of benzene rings is 1. The lowest BCUT2D eigenvalue weighted by atomic mass is 10.0. The van der Waals surface area contributed by atoms with Gasteiger partial charge < -0.3 is 10.1 Å². The van der Waals surface area contributed by atoms with Crippen LogP contribution < -0.4 is 15.0 Å². The van der Waals surface area contributed by atoms with Crippen LogP contribution in [0.1, 0.15) is 27.2 Å². The van der Waals surface area contributed by atoms with Crippen molar-refractivity contribution in [2.75, 3.05) is 16.8 Å². The van der Waals surface area contributed by atoms with Crippen LogP contribution in [-0.2, 0) is 6.42 Å². The molecule has 4 rings (SSSR count). The summed E-state index contributed by atoms with van der Waals surface area (Å²) in [6, 6.07) is 9.02. The molecule has 2 aromatic heterocycles. The predicted molar refractivity (Wildman–Crippen MR) is 117 cm³/mol. The van der Waals surface area contributed by atoms with Gasteiger partial charge in [-0.1, -0.05) is 6.07 Å². The highest BCUT2D eigenvalue weighted by molar-refractivity contribution is 6.08. The molecule has 0 aliphatic carbocycles. The van der Waals surface area contributed by atoms with Crippen molar-refractivity contribution in [3.8, 4) is 11.6 Å². The zero-order valence-corrected chi connectivity index (χ0v) is 18.0. The summed E-state index contributed by atoms with van der Waals surface area (Å²) in [6.45, 7) is 4.06. The molecule has 0 radical (unpaired) electrons. The number of ether oxygens (including phenoxy) is 1. The van der Waals surface area contributed by atoms with Crippen LogP contribution in [0.25, 0.3) is 0 Å². The number of alkyl halides is 3. The molecule has 0 bridgehead atoms. The minimum absolute atomic E-state index is 0. The van der Waals surface area contributed by atoms with Crippen molar-refractivity contribution < 1.29 is 22.7 Å². The van der Waals surface area contributed by atoms with Crippen molar-refractivity contribution in [2.45, 2.75) is 26.6 Å². The number of pyridine rings is 2. The van der Waals surface area contributed by atoms with Crippen LogP contribution in [0.15, 0.2) is 48.8 Å². The number of anilines is 2. The first kappa shape index (κ1) is 23.3. The van der Waals surface area contributed by atoms with Gasteiger partial charge in [0, 0.05) is 30.1 Å². The molecule has 6 nitrogen and oxygen atoms in total. The van der Waals surface area contributed by atoms with E-state index >= 15 is 0 Å². The Balaban J connectivity index is 0.00000289. The van der Waals surface area contributed by atoms with Crippen LogP contribution >= 0.6 is 12.4 Å². The fourth-order valence-electron chi connectivity index (χ4n) is 3.46. The number of rotatable bonds is 4. The Kier molecular flexibility index (Phi) is 6.59. The topological polar surface area (TPSA) is 67.4 Å². The summed E-state index contributed by atoms with van der Waals surface area (Å²) in [7, 11) is 0. The van der Waals surface area contributed by atoms with E-state index in [9.17, 15) is 18.0 Å². The van der Waals surface area contributed by atoms with Gasteiger partial charge in [-0.25, -0.2) is 9.88 Å². The summed E-state index contributed by atoms with van der Waals surface area (Å²) >= 11 is 0. The van der Waals surface area contributed by atoms with Crippen LogP contribution in [0.2, 0.25) is 0 Å². The van der Waals surface area contributed by atoms with Crippen LogP contribution in [0, 0.1) is 13.8 Å². The number of halogens is 4. The molecule has 0 saturated heterocycles. The number of carbonyl (C=O) groups excluding carboxylic acids is 1. The molecular weight excluding hydrogens is 445 g/mol. The lowest BCUT2D eigenvalue weighted by molar-refractivity contribution is -0.122. The van der Waals surface area contributed by atoms with E-state index in [1.54, 1.807) is 38.2 Å². The quantitative estimate of drug-likeness (QED) is 0.520. The fraction of sp³-hybridized carbons (Fsp3) is 0.227. The molecule has 32 heavy (non-hydrogen) atoms. The predicted octanol–water partition coefficient (Wildman–Crippen LogP) is 5.44. The van der Waals surface area contributed by atoms with Gasteiger partial charge in [-0.15, -0.1) is 25.6 Å². The summed E-state index contributed by atoms with van der Waals surface area (Å²) in [5, 5.41) is 3.09. The third kappa shape index (κ3) is 4.62. The molecule has 1 aliphatic rings. The molecule has 1 amide bonds. The molecular formula is C22H20ClF3N4O2. The number of fused-ring (bicyclic) bond motifs is 1. The molecule has 3 heterocycles. The Morgan fingerprint density at radius 3 is 2.59 bits per heavy atom. The first-order chi connectivity index (χ1) is 14.7. The van der Waals surface area contributed by atoms with Crippen molar-refractivity contribution in [3.63, 3.8) is 0 Å². The number of hydrogen-bond acceptors (Lipinski definition) is 5. The van der Waals surface area contributed by atoms with Crippen LogP contribution in [0.5, 0.6) is 11.6 Å².